The second kappa shape index (κ2) is 13.4. The van der Waals surface area contributed by atoms with Crippen LogP contribution >= 0.6 is 0 Å². The molecule has 0 fully saturated rings. The molecule has 10 aromatic rings. The number of hydrogen-bond acceptors (Lipinski definition) is 2. The molecule has 9 aromatic carbocycles. The van der Waals surface area contributed by atoms with Gasteiger partial charge in [0.2, 0.25) is 0 Å². The molecule has 0 aliphatic carbocycles. The van der Waals surface area contributed by atoms with Crippen molar-refractivity contribution in [2.24, 2.45) is 0 Å². The third kappa shape index (κ3) is 5.53. The molecular formula is C52H35NO. The molecule has 0 radical (unpaired) electrons. The number of benzene rings is 9. The number of furan rings is 1. The molecule has 2 heteroatoms. The first-order valence-corrected chi connectivity index (χ1v) is 18.4. The Labute approximate surface area is 314 Å². The van der Waals surface area contributed by atoms with Crippen molar-refractivity contribution in [2.45, 2.75) is 0 Å². The first-order valence-electron chi connectivity index (χ1n) is 18.4. The van der Waals surface area contributed by atoms with Gasteiger partial charge in [-0.05, 0) is 92.2 Å². The van der Waals surface area contributed by atoms with Gasteiger partial charge < -0.3 is 9.32 Å². The van der Waals surface area contributed by atoms with Crippen molar-refractivity contribution in [2.75, 3.05) is 4.90 Å². The molecule has 1 aromatic heterocycles. The molecule has 0 spiro atoms. The molecule has 254 valence electrons. The Balaban J connectivity index is 1.20. The minimum Gasteiger partial charge on any atom is -0.456 e. The lowest BCUT2D eigenvalue weighted by Gasteiger charge is -2.29. The van der Waals surface area contributed by atoms with Crippen LogP contribution in [-0.2, 0) is 0 Å². The predicted octanol–water partition coefficient (Wildman–Crippen LogP) is 14.9. The smallest absolute Gasteiger partial charge is 0.135 e. The zero-order valence-corrected chi connectivity index (χ0v) is 29.6. The van der Waals surface area contributed by atoms with Crippen LogP contribution in [0.2, 0.25) is 0 Å². The maximum Gasteiger partial charge on any atom is 0.135 e. The molecule has 0 aliphatic heterocycles. The van der Waals surface area contributed by atoms with Crippen molar-refractivity contribution in [3.63, 3.8) is 0 Å². The number of anilines is 3. The molecular weight excluding hydrogens is 655 g/mol. The van der Waals surface area contributed by atoms with Gasteiger partial charge in [-0.25, -0.2) is 0 Å². The highest BCUT2D eigenvalue weighted by Crippen LogP contribution is 2.46. The van der Waals surface area contributed by atoms with E-state index in [1.165, 1.54) is 49.7 Å². The van der Waals surface area contributed by atoms with Gasteiger partial charge in [-0.1, -0.05) is 170 Å². The first kappa shape index (κ1) is 31.6. The highest BCUT2D eigenvalue weighted by molar-refractivity contribution is 6.07. The lowest BCUT2D eigenvalue weighted by Crippen LogP contribution is -2.11. The molecule has 0 amide bonds. The molecule has 0 unspecified atom stereocenters. The average molecular weight is 690 g/mol. The molecule has 10 rings (SSSR count). The zero-order valence-electron chi connectivity index (χ0n) is 29.6. The molecule has 0 atom stereocenters. The number of fused-ring (bicyclic) bond motifs is 4. The second-order valence-corrected chi connectivity index (χ2v) is 13.7. The van der Waals surface area contributed by atoms with Crippen LogP contribution in [0.5, 0.6) is 0 Å². The van der Waals surface area contributed by atoms with Gasteiger partial charge in [0, 0.05) is 27.7 Å². The molecule has 0 saturated heterocycles. The minimum absolute atomic E-state index is 0.876. The molecule has 0 N–H and O–H groups in total. The summed E-state index contributed by atoms with van der Waals surface area (Å²) < 4.78 is 6.30. The topological polar surface area (TPSA) is 16.4 Å². The Morgan fingerprint density at radius 3 is 1.67 bits per heavy atom. The average Bonchev–Trinajstić information content (AvgIpc) is 3.62. The minimum atomic E-state index is 0.876. The number of hydrogen-bond donors (Lipinski definition) is 0. The summed E-state index contributed by atoms with van der Waals surface area (Å²) in [5, 5.41) is 4.66. The van der Waals surface area contributed by atoms with Crippen LogP contribution in [0.3, 0.4) is 0 Å². The van der Waals surface area contributed by atoms with Crippen LogP contribution in [-0.4, -0.2) is 0 Å². The van der Waals surface area contributed by atoms with Crippen LogP contribution in [0, 0.1) is 0 Å². The standard InChI is InChI=1S/C52H35NO/c1-2-16-36(17-3-1)42-23-6-7-24-44(42)45-25-8-9-26-46(45)47-27-10-12-30-50(47)53(40-32-33-52-49(35-40)48-28-11-13-31-51(48)54-52)39-21-14-20-38(34-39)43-29-15-19-37-18-4-5-22-41(37)43/h1-35H. The lowest BCUT2D eigenvalue weighted by atomic mass is 9.88. The van der Waals surface area contributed by atoms with Crippen LogP contribution < -0.4 is 4.90 Å². The normalized spacial score (nSPS) is 11.3. The summed E-state index contributed by atoms with van der Waals surface area (Å²) in [5.74, 6) is 0. The van der Waals surface area contributed by atoms with E-state index in [-0.39, 0.29) is 0 Å². The Morgan fingerprint density at radius 1 is 0.296 bits per heavy atom. The van der Waals surface area contributed by atoms with E-state index in [4.69, 9.17) is 4.42 Å². The Hall–Kier alpha value is -7.16. The SMILES string of the molecule is c1ccc(-c2ccccc2-c2ccccc2-c2ccccc2N(c2cccc(-c3cccc4ccccc34)c2)c2ccc3oc4ccccc4c3c2)cc1. The summed E-state index contributed by atoms with van der Waals surface area (Å²) in [6, 6.07) is 76.0. The van der Waals surface area contributed by atoms with E-state index >= 15 is 0 Å². The fourth-order valence-electron chi connectivity index (χ4n) is 8.01. The summed E-state index contributed by atoms with van der Waals surface area (Å²) in [4.78, 5) is 2.41. The maximum atomic E-state index is 6.30. The summed E-state index contributed by atoms with van der Waals surface area (Å²) in [6.07, 6.45) is 0. The van der Waals surface area contributed by atoms with Crippen molar-refractivity contribution in [3.05, 3.63) is 212 Å². The van der Waals surface area contributed by atoms with Gasteiger partial charge in [-0.3, -0.25) is 0 Å². The summed E-state index contributed by atoms with van der Waals surface area (Å²) in [6.45, 7) is 0. The van der Waals surface area contributed by atoms with Crippen molar-refractivity contribution in [3.8, 4) is 44.5 Å². The summed E-state index contributed by atoms with van der Waals surface area (Å²) in [7, 11) is 0. The van der Waals surface area contributed by atoms with Gasteiger partial charge >= 0.3 is 0 Å². The summed E-state index contributed by atoms with van der Waals surface area (Å²) in [5.41, 5.74) is 14.5. The van der Waals surface area contributed by atoms with E-state index in [1.54, 1.807) is 0 Å². The van der Waals surface area contributed by atoms with E-state index < -0.39 is 0 Å². The van der Waals surface area contributed by atoms with Gasteiger partial charge in [-0.2, -0.15) is 0 Å². The molecule has 1 heterocycles. The highest BCUT2D eigenvalue weighted by atomic mass is 16.3. The van der Waals surface area contributed by atoms with Gasteiger partial charge in [0.25, 0.3) is 0 Å². The van der Waals surface area contributed by atoms with Crippen LogP contribution in [0.15, 0.2) is 217 Å². The van der Waals surface area contributed by atoms with Crippen LogP contribution in [0.1, 0.15) is 0 Å². The zero-order chi connectivity index (χ0) is 35.8. The number of para-hydroxylation sites is 2. The second-order valence-electron chi connectivity index (χ2n) is 13.7. The molecule has 0 saturated carbocycles. The molecule has 0 bridgehead atoms. The number of rotatable bonds is 7. The fraction of sp³-hybridized carbons (Fsp3) is 0. The Bertz CT molecular complexity index is 2950. The van der Waals surface area contributed by atoms with Crippen molar-refractivity contribution in [1.29, 1.82) is 0 Å². The van der Waals surface area contributed by atoms with Gasteiger partial charge in [-0.15, -0.1) is 0 Å². The van der Waals surface area contributed by atoms with Crippen molar-refractivity contribution < 1.29 is 4.42 Å². The van der Waals surface area contributed by atoms with Crippen LogP contribution in [0.25, 0.3) is 77.2 Å². The third-order valence-electron chi connectivity index (χ3n) is 10.5. The fourth-order valence-corrected chi connectivity index (χ4v) is 8.01. The lowest BCUT2D eigenvalue weighted by molar-refractivity contribution is 0.669. The Morgan fingerprint density at radius 2 is 0.833 bits per heavy atom. The maximum absolute atomic E-state index is 6.30. The molecule has 2 nitrogen and oxygen atoms in total. The van der Waals surface area contributed by atoms with Gasteiger partial charge in [0.05, 0.1) is 5.69 Å². The van der Waals surface area contributed by atoms with E-state index in [0.29, 0.717) is 0 Å². The summed E-state index contributed by atoms with van der Waals surface area (Å²) >= 11 is 0. The monoisotopic (exact) mass is 689 g/mol. The van der Waals surface area contributed by atoms with Crippen LogP contribution in [0.4, 0.5) is 17.1 Å². The van der Waals surface area contributed by atoms with Gasteiger partial charge in [0.1, 0.15) is 11.2 Å². The quantitative estimate of drug-likeness (QED) is 0.166. The van der Waals surface area contributed by atoms with E-state index in [9.17, 15) is 0 Å². The van der Waals surface area contributed by atoms with Gasteiger partial charge in [0.15, 0.2) is 0 Å². The molecule has 54 heavy (non-hydrogen) atoms. The van der Waals surface area contributed by atoms with Crippen molar-refractivity contribution >= 4 is 49.8 Å². The Kier molecular flexibility index (Phi) is 7.85. The third-order valence-corrected chi connectivity index (χ3v) is 10.5. The number of nitrogens with zero attached hydrogens (tertiary/aromatic N) is 1. The first-order chi connectivity index (χ1) is 26.8. The largest absolute Gasteiger partial charge is 0.456 e. The van der Waals surface area contributed by atoms with E-state index in [0.717, 1.165) is 44.6 Å². The van der Waals surface area contributed by atoms with Crippen molar-refractivity contribution in [1.82, 2.24) is 0 Å². The van der Waals surface area contributed by atoms with E-state index in [2.05, 4.69) is 205 Å². The van der Waals surface area contributed by atoms with E-state index in [1.807, 2.05) is 12.1 Å². The molecule has 0 aliphatic rings. The highest BCUT2D eigenvalue weighted by Gasteiger charge is 2.22. The predicted molar refractivity (Wildman–Crippen MR) is 228 cm³/mol.